The van der Waals surface area contributed by atoms with Crippen molar-refractivity contribution in [3.05, 3.63) is 129 Å². The Kier molecular flexibility index (Phi) is 8.14. The maximum Gasteiger partial charge on any atom is 0.349 e. The van der Waals surface area contributed by atoms with Crippen molar-refractivity contribution in [2.75, 3.05) is 6.61 Å². The molecule has 0 saturated heterocycles. The molecule has 1 unspecified atom stereocenters. The van der Waals surface area contributed by atoms with Crippen LogP contribution in [-0.4, -0.2) is 12.6 Å². The van der Waals surface area contributed by atoms with E-state index in [-0.39, 0.29) is 23.8 Å². The second-order valence-corrected chi connectivity index (χ2v) is 10.0. The minimum atomic E-state index is -0.563. The van der Waals surface area contributed by atoms with Gasteiger partial charge in [-0.1, -0.05) is 60.1 Å². The molecule has 1 aliphatic rings. The lowest BCUT2D eigenvalue weighted by Crippen LogP contribution is -2.22. The van der Waals surface area contributed by atoms with Crippen molar-refractivity contribution in [2.45, 2.75) is 26.4 Å². The summed E-state index contributed by atoms with van der Waals surface area (Å²) < 4.78 is 23.0. The number of aryl methyl sites for hydroxylation is 2. The molecule has 1 atom stereocenters. The number of ether oxygens (including phenoxy) is 4. The maximum atomic E-state index is 12.6. The fraction of sp³-hybridized carbons (Fsp3) is 0.152. The number of nitriles is 1. The van der Waals surface area contributed by atoms with E-state index < -0.39 is 11.9 Å². The van der Waals surface area contributed by atoms with E-state index in [2.05, 4.69) is 6.07 Å². The fourth-order valence-electron chi connectivity index (χ4n) is 4.69. The van der Waals surface area contributed by atoms with Gasteiger partial charge in [-0.3, -0.25) is 0 Å². The standard InChI is InChI=1S/C33H27ClN2O5/c1-20-5-3-6-21(2)32(20)39-19-30(37)40-26-13-14-27-29(16-26)41-33(36)28(17-35)31(27)23-7-4-8-25(15-23)38-18-22-9-11-24(34)12-10-22/h3-16,31H,18-19,36H2,1-2H3. The molecule has 0 aromatic heterocycles. The highest BCUT2D eigenvalue weighted by molar-refractivity contribution is 6.30. The lowest BCUT2D eigenvalue weighted by molar-refractivity contribution is -0.136. The molecule has 0 aliphatic carbocycles. The largest absolute Gasteiger partial charge is 0.489 e. The molecule has 4 aromatic rings. The minimum absolute atomic E-state index is 0.0145. The lowest BCUT2D eigenvalue weighted by Gasteiger charge is -2.27. The summed E-state index contributed by atoms with van der Waals surface area (Å²) in [6.07, 6.45) is 0. The quantitative estimate of drug-likeness (QED) is 0.186. The first-order valence-electron chi connectivity index (χ1n) is 12.9. The number of nitrogens with two attached hydrogens (primary N) is 1. The van der Waals surface area contributed by atoms with Gasteiger partial charge in [0, 0.05) is 16.7 Å². The number of hydrogen-bond donors (Lipinski definition) is 1. The van der Waals surface area contributed by atoms with Gasteiger partial charge in [-0.15, -0.1) is 0 Å². The Morgan fingerprint density at radius 1 is 0.951 bits per heavy atom. The van der Waals surface area contributed by atoms with Crippen LogP contribution in [0.3, 0.4) is 0 Å². The molecule has 0 bridgehead atoms. The molecule has 1 aliphatic heterocycles. The summed E-state index contributed by atoms with van der Waals surface area (Å²) in [4.78, 5) is 12.6. The Balaban J connectivity index is 1.34. The number of fused-ring (bicyclic) bond motifs is 1. The van der Waals surface area contributed by atoms with Crippen molar-refractivity contribution < 1.29 is 23.7 Å². The van der Waals surface area contributed by atoms with Crippen molar-refractivity contribution in [1.29, 1.82) is 5.26 Å². The van der Waals surface area contributed by atoms with Crippen molar-refractivity contribution >= 4 is 17.6 Å². The molecule has 1 heterocycles. The number of allylic oxidation sites excluding steroid dienone is 1. The molecule has 8 heteroatoms. The van der Waals surface area contributed by atoms with Crippen LogP contribution in [0.4, 0.5) is 0 Å². The normalized spacial score (nSPS) is 14.0. The molecule has 2 N–H and O–H groups in total. The van der Waals surface area contributed by atoms with Gasteiger partial charge in [0.15, 0.2) is 6.61 Å². The zero-order chi connectivity index (χ0) is 28.9. The van der Waals surface area contributed by atoms with Crippen LogP contribution in [0.1, 0.15) is 33.7 Å². The molecule has 206 valence electrons. The van der Waals surface area contributed by atoms with Crippen molar-refractivity contribution in [3.63, 3.8) is 0 Å². The van der Waals surface area contributed by atoms with E-state index in [9.17, 15) is 10.1 Å². The van der Waals surface area contributed by atoms with Gasteiger partial charge in [0.1, 0.15) is 41.2 Å². The number of esters is 1. The summed E-state index contributed by atoms with van der Waals surface area (Å²) in [5.74, 6) is 0.870. The zero-order valence-electron chi connectivity index (χ0n) is 22.5. The highest BCUT2D eigenvalue weighted by atomic mass is 35.5. The average Bonchev–Trinajstić information content (AvgIpc) is 2.96. The third-order valence-corrected chi connectivity index (χ3v) is 6.93. The van der Waals surface area contributed by atoms with Crippen molar-refractivity contribution in [3.8, 4) is 29.1 Å². The Bertz CT molecular complexity index is 1650. The Labute approximate surface area is 243 Å². The van der Waals surface area contributed by atoms with E-state index in [1.54, 1.807) is 18.2 Å². The molecule has 41 heavy (non-hydrogen) atoms. The number of rotatable bonds is 8. The van der Waals surface area contributed by atoms with Crippen LogP contribution >= 0.6 is 11.6 Å². The number of carbonyl (C=O) groups is 1. The van der Waals surface area contributed by atoms with Gasteiger partial charge in [0.25, 0.3) is 0 Å². The SMILES string of the molecule is Cc1cccc(C)c1OCC(=O)Oc1ccc2c(c1)OC(N)=C(C#N)C2c1cccc(OCc2ccc(Cl)cc2)c1. The summed E-state index contributed by atoms with van der Waals surface area (Å²) in [7, 11) is 0. The van der Waals surface area contributed by atoms with Gasteiger partial charge in [-0.25, -0.2) is 4.79 Å². The van der Waals surface area contributed by atoms with E-state index >= 15 is 0 Å². The zero-order valence-corrected chi connectivity index (χ0v) is 23.3. The van der Waals surface area contributed by atoms with E-state index in [0.717, 1.165) is 22.3 Å². The van der Waals surface area contributed by atoms with Crippen LogP contribution in [-0.2, 0) is 11.4 Å². The second-order valence-electron chi connectivity index (χ2n) is 9.60. The number of carbonyl (C=O) groups excluding carboxylic acids is 1. The number of halogens is 1. The molecule has 0 amide bonds. The highest BCUT2D eigenvalue weighted by Gasteiger charge is 2.31. The molecular formula is C33H27ClN2O5. The van der Waals surface area contributed by atoms with E-state index in [4.69, 9.17) is 36.3 Å². The number of benzene rings is 4. The smallest absolute Gasteiger partial charge is 0.349 e. The highest BCUT2D eigenvalue weighted by Crippen LogP contribution is 2.44. The molecule has 0 radical (unpaired) electrons. The first-order valence-corrected chi connectivity index (χ1v) is 13.3. The summed E-state index contributed by atoms with van der Waals surface area (Å²) >= 11 is 5.98. The molecule has 0 fully saturated rings. The van der Waals surface area contributed by atoms with Gasteiger partial charge in [-0.05, 0) is 66.4 Å². The molecule has 4 aromatic carbocycles. The van der Waals surface area contributed by atoms with Crippen molar-refractivity contribution in [1.82, 2.24) is 0 Å². The average molecular weight is 567 g/mol. The Morgan fingerprint density at radius 3 is 2.41 bits per heavy atom. The van der Waals surface area contributed by atoms with Crippen molar-refractivity contribution in [2.24, 2.45) is 5.73 Å². The van der Waals surface area contributed by atoms with E-state index in [0.29, 0.717) is 34.4 Å². The van der Waals surface area contributed by atoms with Crippen LogP contribution in [0.2, 0.25) is 5.02 Å². The predicted molar refractivity (Wildman–Crippen MR) is 155 cm³/mol. The molecular weight excluding hydrogens is 540 g/mol. The summed E-state index contributed by atoms with van der Waals surface area (Å²) in [6.45, 7) is 3.94. The van der Waals surface area contributed by atoms with Crippen LogP contribution < -0.4 is 24.7 Å². The van der Waals surface area contributed by atoms with Crippen LogP contribution in [0.25, 0.3) is 0 Å². The van der Waals surface area contributed by atoms with Gasteiger partial charge < -0.3 is 24.7 Å². The first kappa shape index (κ1) is 27.6. The summed E-state index contributed by atoms with van der Waals surface area (Å²) in [6, 6.07) is 27.9. The van der Waals surface area contributed by atoms with Crippen LogP contribution in [0.15, 0.2) is 96.4 Å². The number of para-hydroxylation sites is 1. The van der Waals surface area contributed by atoms with Crippen LogP contribution in [0.5, 0.6) is 23.0 Å². The monoisotopic (exact) mass is 566 g/mol. The third kappa shape index (κ3) is 6.29. The third-order valence-electron chi connectivity index (χ3n) is 6.68. The number of nitrogens with zero attached hydrogens (tertiary/aromatic N) is 1. The van der Waals surface area contributed by atoms with E-state index in [1.165, 1.54) is 0 Å². The number of hydrogen-bond acceptors (Lipinski definition) is 7. The predicted octanol–water partition coefficient (Wildman–Crippen LogP) is 6.74. The maximum absolute atomic E-state index is 12.6. The minimum Gasteiger partial charge on any atom is -0.489 e. The summed E-state index contributed by atoms with van der Waals surface area (Å²) in [5, 5.41) is 10.6. The first-order chi connectivity index (χ1) is 19.8. The van der Waals surface area contributed by atoms with Gasteiger partial charge in [-0.2, -0.15) is 5.26 Å². The molecule has 0 spiro atoms. The van der Waals surface area contributed by atoms with Gasteiger partial charge in [0.05, 0.1) is 5.92 Å². The molecule has 7 nitrogen and oxygen atoms in total. The lowest BCUT2D eigenvalue weighted by atomic mass is 9.83. The van der Waals surface area contributed by atoms with E-state index in [1.807, 2.05) is 80.6 Å². The second kappa shape index (κ2) is 12.1. The van der Waals surface area contributed by atoms with Crippen LogP contribution in [0, 0.1) is 25.2 Å². The topological polar surface area (TPSA) is 104 Å². The van der Waals surface area contributed by atoms with Gasteiger partial charge in [0.2, 0.25) is 5.88 Å². The Morgan fingerprint density at radius 2 is 1.68 bits per heavy atom. The summed E-state index contributed by atoms with van der Waals surface area (Å²) in [5.41, 5.74) is 10.8. The Hall–Kier alpha value is -4.93. The molecule has 0 saturated carbocycles. The van der Waals surface area contributed by atoms with Gasteiger partial charge >= 0.3 is 5.97 Å². The fourth-order valence-corrected chi connectivity index (χ4v) is 4.82. The molecule has 5 rings (SSSR count).